The number of nitrogens with one attached hydrogen (secondary N) is 2. The van der Waals surface area contributed by atoms with Crippen molar-refractivity contribution in [3.8, 4) is 5.75 Å². The Bertz CT molecular complexity index is 385. The molecule has 0 aromatic heterocycles. The summed E-state index contributed by atoms with van der Waals surface area (Å²) in [6, 6.07) is 6.29. The van der Waals surface area contributed by atoms with E-state index < -0.39 is 0 Å². The van der Waals surface area contributed by atoms with E-state index in [2.05, 4.69) is 22.8 Å². The van der Waals surface area contributed by atoms with E-state index in [-0.39, 0.29) is 6.61 Å². The molecule has 1 aliphatic heterocycles. The summed E-state index contributed by atoms with van der Waals surface area (Å²) in [5.74, 6) is 0.945. The minimum absolute atomic E-state index is 0.0875. The number of anilines is 1. The highest BCUT2D eigenvalue weighted by atomic mass is 16.5. The summed E-state index contributed by atoms with van der Waals surface area (Å²) in [4.78, 5) is 0. The van der Waals surface area contributed by atoms with Crippen molar-refractivity contribution in [3.05, 3.63) is 23.8 Å². The Kier molecular flexibility index (Phi) is 5.94. The summed E-state index contributed by atoms with van der Waals surface area (Å²) in [5.41, 5.74) is 2.38. The second-order valence-corrected chi connectivity index (χ2v) is 4.44. The monoisotopic (exact) mass is 266 g/mol. The molecule has 0 radical (unpaired) electrons. The largest absolute Gasteiger partial charge is 0.490 e. The lowest BCUT2D eigenvalue weighted by Gasteiger charge is -2.19. The van der Waals surface area contributed by atoms with Crippen LogP contribution in [0.15, 0.2) is 18.2 Å². The van der Waals surface area contributed by atoms with Crippen LogP contribution in [0.25, 0.3) is 0 Å². The van der Waals surface area contributed by atoms with Crippen molar-refractivity contribution in [1.29, 1.82) is 0 Å². The SMILES string of the molecule is OCCOCCNCCc1ccc2c(c1)NCCO2. The highest BCUT2D eigenvalue weighted by Crippen LogP contribution is 2.27. The van der Waals surface area contributed by atoms with Crippen LogP contribution in [0.3, 0.4) is 0 Å². The van der Waals surface area contributed by atoms with E-state index >= 15 is 0 Å². The fourth-order valence-electron chi connectivity index (χ4n) is 2.01. The van der Waals surface area contributed by atoms with Gasteiger partial charge in [-0.25, -0.2) is 0 Å². The van der Waals surface area contributed by atoms with Crippen LogP contribution < -0.4 is 15.4 Å². The van der Waals surface area contributed by atoms with Gasteiger partial charge in [0.15, 0.2) is 0 Å². The Morgan fingerprint density at radius 3 is 3.16 bits per heavy atom. The third kappa shape index (κ3) is 4.70. The van der Waals surface area contributed by atoms with Crippen LogP contribution in [0.1, 0.15) is 5.56 Å². The van der Waals surface area contributed by atoms with Crippen molar-refractivity contribution in [2.24, 2.45) is 0 Å². The summed E-state index contributed by atoms with van der Waals surface area (Å²) in [5, 5.41) is 15.2. The molecule has 1 aromatic rings. The van der Waals surface area contributed by atoms with Gasteiger partial charge in [0, 0.05) is 13.1 Å². The van der Waals surface area contributed by atoms with Crippen LogP contribution in [-0.4, -0.2) is 51.2 Å². The quantitative estimate of drug-likeness (QED) is 0.603. The normalized spacial score (nSPS) is 13.5. The number of fused-ring (bicyclic) bond motifs is 1. The average molecular weight is 266 g/mol. The molecular formula is C14H22N2O3. The Morgan fingerprint density at radius 1 is 1.32 bits per heavy atom. The van der Waals surface area contributed by atoms with Crippen molar-refractivity contribution in [1.82, 2.24) is 5.32 Å². The standard InChI is InChI=1S/C14H22N2O3/c17-7-10-18-8-5-15-4-3-12-1-2-14-13(11-12)16-6-9-19-14/h1-2,11,15-17H,3-10H2. The molecule has 0 unspecified atom stereocenters. The zero-order chi connectivity index (χ0) is 13.3. The highest BCUT2D eigenvalue weighted by molar-refractivity contribution is 5.59. The molecule has 1 heterocycles. The number of hydrogen-bond donors (Lipinski definition) is 3. The van der Waals surface area contributed by atoms with Crippen LogP contribution >= 0.6 is 0 Å². The van der Waals surface area contributed by atoms with Gasteiger partial charge in [-0.05, 0) is 30.7 Å². The maximum absolute atomic E-state index is 8.55. The maximum Gasteiger partial charge on any atom is 0.142 e. The average Bonchev–Trinajstić information content (AvgIpc) is 2.46. The molecule has 0 atom stereocenters. The van der Waals surface area contributed by atoms with E-state index in [1.807, 2.05) is 6.07 Å². The summed E-state index contributed by atoms with van der Waals surface area (Å²) in [6.07, 6.45) is 0.981. The summed E-state index contributed by atoms with van der Waals surface area (Å²) in [7, 11) is 0. The van der Waals surface area contributed by atoms with Crippen molar-refractivity contribution >= 4 is 5.69 Å². The molecule has 0 saturated heterocycles. The number of ether oxygens (including phenoxy) is 2. The lowest BCUT2D eigenvalue weighted by Crippen LogP contribution is -2.23. The van der Waals surface area contributed by atoms with E-state index in [1.54, 1.807) is 0 Å². The smallest absolute Gasteiger partial charge is 0.142 e. The second kappa shape index (κ2) is 7.99. The molecule has 106 valence electrons. The third-order valence-corrected chi connectivity index (χ3v) is 2.97. The van der Waals surface area contributed by atoms with E-state index in [0.717, 1.165) is 44.1 Å². The van der Waals surface area contributed by atoms with Crippen LogP contribution in [0, 0.1) is 0 Å². The predicted octanol–water partition coefficient (Wildman–Crippen LogP) is 0.632. The van der Waals surface area contributed by atoms with Gasteiger partial charge < -0.3 is 25.2 Å². The Balaban J connectivity index is 1.66. The van der Waals surface area contributed by atoms with Gasteiger partial charge in [0.25, 0.3) is 0 Å². The van der Waals surface area contributed by atoms with Crippen LogP contribution in [0.5, 0.6) is 5.75 Å². The van der Waals surface area contributed by atoms with Gasteiger partial charge in [0.1, 0.15) is 12.4 Å². The van der Waals surface area contributed by atoms with Gasteiger partial charge in [0.05, 0.1) is 25.5 Å². The van der Waals surface area contributed by atoms with Crippen LogP contribution in [0.2, 0.25) is 0 Å². The van der Waals surface area contributed by atoms with Crippen molar-refractivity contribution < 1.29 is 14.6 Å². The summed E-state index contributed by atoms with van der Waals surface area (Å²) >= 11 is 0. The molecule has 0 saturated carbocycles. The molecule has 3 N–H and O–H groups in total. The topological polar surface area (TPSA) is 62.8 Å². The van der Waals surface area contributed by atoms with Gasteiger partial charge in [-0.15, -0.1) is 0 Å². The van der Waals surface area contributed by atoms with E-state index in [0.29, 0.717) is 13.2 Å². The fourth-order valence-corrected chi connectivity index (χ4v) is 2.01. The molecular weight excluding hydrogens is 244 g/mol. The van der Waals surface area contributed by atoms with Crippen molar-refractivity contribution in [2.75, 3.05) is 51.4 Å². The molecule has 2 rings (SSSR count). The lowest BCUT2D eigenvalue weighted by atomic mass is 10.1. The molecule has 1 aliphatic rings. The molecule has 5 nitrogen and oxygen atoms in total. The molecule has 5 heteroatoms. The van der Waals surface area contributed by atoms with Gasteiger partial charge in [-0.1, -0.05) is 6.07 Å². The maximum atomic E-state index is 8.55. The zero-order valence-electron chi connectivity index (χ0n) is 11.2. The molecule has 0 spiro atoms. The molecule has 0 fully saturated rings. The van der Waals surface area contributed by atoms with Gasteiger partial charge in [-0.2, -0.15) is 0 Å². The molecule has 0 amide bonds. The highest BCUT2D eigenvalue weighted by Gasteiger charge is 2.09. The Hall–Kier alpha value is -1.30. The molecule has 0 aliphatic carbocycles. The lowest BCUT2D eigenvalue weighted by molar-refractivity contribution is 0.0940. The first kappa shape index (κ1) is 14.1. The van der Waals surface area contributed by atoms with Crippen LogP contribution in [-0.2, 0) is 11.2 Å². The Labute approximate surface area is 113 Å². The number of hydrogen-bond acceptors (Lipinski definition) is 5. The summed E-state index contributed by atoms with van der Waals surface area (Å²) < 4.78 is 10.7. The minimum atomic E-state index is 0.0875. The van der Waals surface area contributed by atoms with E-state index in [9.17, 15) is 0 Å². The predicted molar refractivity (Wildman–Crippen MR) is 74.9 cm³/mol. The third-order valence-electron chi connectivity index (χ3n) is 2.97. The Morgan fingerprint density at radius 2 is 2.26 bits per heavy atom. The first-order chi connectivity index (χ1) is 9.40. The van der Waals surface area contributed by atoms with E-state index in [1.165, 1.54) is 5.56 Å². The van der Waals surface area contributed by atoms with Crippen molar-refractivity contribution in [2.45, 2.75) is 6.42 Å². The number of rotatable bonds is 8. The van der Waals surface area contributed by atoms with Gasteiger partial charge in [0.2, 0.25) is 0 Å². The van der Waals surface area contributed by atoms with Crippen molar-refractivity contribution in [3.63, 3.8) is 0 Å². The van der Waals surface area contributed by atoms with Gasteiger partial charge in [-0.3, -0.25) is 0 Å². The van der Waals surface area contributed by atoms with Crippen LogP contribution in [0.4, 0.5) is 5.69 Å². The van der Waals surface area contributed by atoms with Gasteiger partial charge >= 0.3 is 0 Å². The molecule has 1 aromatic carbocycles. The van der Waals surface area contributed by atoms with E-state index in [4.69, 9.17) is 14.6 Å². The second-order valence-electron chi connectivity index (χ2n) is 4.44. The zero-order valence-corrected chi connectivity index (χ0v) is 11.2. The first-order valence-electron chi connectivity index (χ1n) is 6.79. The number of aliphatic hydroxyl groups excluding tert-OH is 1. The first-order valence-corrected chi connectivity index (χ1v) is 6.79. The molecule has 19 heavy (non-hydrogen) atoms. The summed E-state index contributed by atoms with van der Waals surface area (Å²) in [6.45, 7) is 4.48. The fraction of sp³-hybridized carbons (Fsp3) is 0.571. The number of aliphatic hydroxyl groups is 1. The minimum Gasteiger partial charge on any atom is -0.490 e. The number of benzene rings is 1. The molecule has 0 bridgehead atoms.